The Kier molecular flexibility index (Phi) is 4.14. The van der Waals surface area contributed by atoms with Crippen LogP contribution in [0.25, 0.3) is 0 Å². The normalized spacial score (nSPS) is 20.4. The Balaban J connectivity index is 2.24. The molecule has 1 aromatic carbocycles. The van der Waals surface area contributed by atoms with E-state index in [0.29, 0.717) is 5.92 Å². The third-order valence-corrected chi connectivity index (χ3v) is 3.76. The first-order valence-electron chi connectivity index (χ1n) is 6.60. The molecule has 1 nitrogen and oxygen atoms in total. The van der Waals surface area contributed by atoms with Crippen LogP contribution in [0.5, 0.6) is 0 Å². The second-order valence-electron chi connectivity index (χ2n) is 4.88. The zero-order valence-corrected chi connectivity index (χ0v) is 11.3. The van der Waals surface area contributed by atoms with Gasteiger partial charge in [0.05, 0.1) is 0 Å². The lowest BCUT2D eigenvalue weighted by molar-refractivity contribution is 0.604. The minimum Gasteiger partial charge on any atom is -0.292 e. The lowest BCUT2D eigenvalue weighted by atomic mass is 9.83. The molecule has 1 aliphatic carbocycles. The summed E-state index contributed by atoms with van der Waals surface area (Å²) < 4.78 is 0. The predicted octanol–water partition coefficient (Wildman–Crippen LogP) is 4.33. The van der Waals surface area contributed by atoms with Gasteiger partial charge < -0.3 is 0 Å². The molecule has 94 valence electrons. The van der Waals surface area contributed by atoms with Gasteiger partial charge in [-0.1, -0.05) is 48.6 Å². The number of nitrogens with zero attached hydrogens (tertiary/aromatic N) is 1. The summed E-state index contributed by atoms with van der Waals surface area (Å²) in [6, 6.07) is 8.53. The van der Waals surface area contributed by atoms with E-state index in [2.05, 4.69) is 48.8 Å². The van der Waals surface area contributed by atoms with E-state index >= 15 is 0 Å². The molecule has 1 atom stereocenters. The minimum atomic E-state index is 0.555. The summed E-state index contributed by atoms with van der Waals surface area (Å²) in [7, 11) is 1.91. The van der Waals surface area contributed by atoms with E-state index in [-0.39, 0.29) is 0 Å². The monoisotopic (exact) mass is 239 g/mol. The second kappa shape index (κ2) is 5.81. The molecule has 1 heteroatoms. The number of benzene rings is 1. The van der Waals surface area contributed by atoms with E-state index in [1.54, 1.807) is 0 Å². The minimum absolute atomic E-state index is 0.555. The first-order chi connectivity index (χ1) is 8.76. The smallest absolute Gasteiger partial charge is 0.0453 e. The van der Waals surface area contributed by atoms with Crippen molar-refractivity contribution in [3.8, 4) is 0 Å². The van der Waals surface area contributed by atoms with Gasteiger partial charge in [-0.15, -0.1) is 0 Å². The van der Waals surface area contributed by atoms with Gasteiger partial charge in [0.2, 0.25) is 0 Å². The molecule has 1 aliphatic rings. The molecule has 2 rings (SSSR count). The van der Waals surface area contributed by atoms with Crippen LogP contribution in [0.1, 0.15) is 30.4 Å². The molecule has 1 unspecified atom stereocenters. The van der Waals surface area contributed by atoms with Gasteiger partial charge >= 0.3 is 0 Å². The molecule has 0 aliphatic heterocycles. The van der Waals surface area contributed by atoms with E-state index in [1.807, 2.05) is 13.1 Å². The van der Waals surface area contributed by atoms with Crippen molar-refractivity contribution >= 4 is 5.71 Å². The van der Waals surface area contributed by atoms with E-state index < -0.39 is 0 Å². The Bertz CT molecular complexity index is 494. The Morgan fingerprint density at radius 2 is 2.17 bits per heavy atom. The lowest BCUT2D eigenvalue weighted by Crippen LogP contribution is -2.19. The van der Waals surface area contributed by atoms with Gasteiger partial charge in [-0.05, 0) is 37.3 Å². The largest absolute Gasteiger partial charge is 0.292 e. The molecular formula is C17H21N. The summed E-state index contributed by atoms with van der Waals surface area (Å²) in [5.74, 6) is 0.555. The zero-order chi connectivity index (χ0) is 13.0. The maximum Gasteiger partial charge on any atom is 0.0453 e. The number of aliphatic imine (C=N–C) groups is 1. The van der Waals surface area contributed by atoms with Crippen molar-refractivity contribution in [2.45, 2.75) is 26.2 Å². The number of allylic oxidation sites excluding steroid dienone is 3. The van der Waals surface area contributed by atoms with Crippen LogP contribution in [0.4, 0.5) is 0 Å². The van der Waals surface area contributed by atoms with E-state index in [0.717, 1.165) is 12.8 Å². The summed E-state index contributed by atoms with van der Waals surface area (Å²) in [6.07, 6.45) is 7.68. The second-order valence-corrected chi connectivity index (χ2v) is 4.88. The van der Waals surface area contributed by atoms with Crippen molar-refractivity contribution in [2.75, 3.05) is 7.05 Å². The van der Waals surface area contributed by atoms with Gasteiger partial charge in [-0.2, -0.15) is 0 Å². The number of rotatable bonds is 3. The standard InChI is InChI=1S/C17H21N/c1-4-14-9-11-15(12-10-14)17(18-3)16-8-6-5-7-13(16)2/h4-9,15H,1,10-12H2,2-3H3. The quantitative estimate of drug-likeness (QED) is 0.696. The van der Waals surface area contributed by atoms with Crippen LogP contribution in [0, 0.1) is 12.8 Å². The molecule has 0 spiro atoms. The molecule has 0 heterocycles. The lowest BCUT2D eigenvalue weighted by Gasteiger charge is -2.23. The topological polar surface area (TPSA) is 12.4 Å². The first-order valence-corrected chi connectivity index (χ1v) is 6.60. The van der Waals surface area contributed by atoms with Gasteiger partial charge in [-0.25, -0.2) is 0 Å². The zero-order valence-electron chi connectivity index (χ0n) is 11.3. The van der Waals surface area contributed by atoms with Gasteiger partial charge in [0.1, 0.15) is 0 Å². The predicted molar refractivity (Wildman–Crippen MR) is 79.3 cm³/mol. The molecule has 18 heavy (non-hydrogen) atoms. The SMILES string of the molecule is C=CC1=CCC(C(=NC)c2ccccc2C)CC1. The Morgan fingerprint density at radius 3 is 2.72 bits per heavy atom. The van der Waals surface area contributed by atoms with Crippen molar-refractivity contribution < 1.29 is 0 Å². The van der Waals surface area contributed by atoms with E-state index in [1.165, 1.54) is 28.8 Å². The number of aryl methyl sites for hydroxylation is 1. The molecule has 0 fully saturated rings. The molecule has 0 saturated heterocycles. The summed E-state index contributed by atoms with van der Waals surface area (Å²) >= 11 is 0. The van der Waals surface area contributed by atoms with Crippen LogP contribution in [0.2, 0.25) is 0 Å². The Morgan fingerprint density at radius 1 is 1.39 bits per heavy atom. The van der Waals surface area contributed by atoms with Gasteiger partial charge in [-0.3, -0.25) is 4.99 Å². The average Bonchev–Trinajstić information content (AvgIpc) is 2.42. The van der Waals surface area contributed by atoms with Crippen LogP contribution in [0.15, 0.2) is 53.6 Å². The third-order valence-electron chi connectivity index (χ3n) is 3.76. The molecule has 0 radical (unpaired) electrons. The first kappa shape index (κ1) is 12.8. The molecule has 1 aromatic rings. The maximum atomic E-state index is 4.56. The maximum absolute atomic E-state index is 4.56. The molecular weight excluding hydrogens is 218 g/mol. The summed E-state index contributed by atoms with van der Waals surface area (Å²) in [5, 5.41) is 0. The Hall–Kier alpha value is -1.63. The van der Waals surface area contributed by atoms with E-state index in [4.69, 9.17) is 0 Å². The van der Waals surface area contributed by atoms with Crippen LogP contribution < -0.4 is 0 Å². The van der Waals surface area contributed by atoms with Gasteiger partial charge in [0.25, 0.3) is 0 Å². The summed E-state index contributed by atoms with van der Waals surface area (Å²) in [6.45, 7) is 6.01. The fraction of sp³-hybridized carbons (Fsp3) is 0.353. The number of hydrogen-bond acceptors (Lipinski definition) is 1. The van der Waals surface area contributed by atoms with Crippen LogP contribution >= 0.6 is 0 Å². The van der Waals surface area contributed by atoms with Crippen LogP contribution in [-0.2, 0) is 0 Å². The highest BCUT2D eigenvalue weighted by Gasteiger charge is 2.20. The number of hydrogen-bond donors (Lipinski definition) is 0. The highest BCUT2D eigenvalue weighted by Crippen LogP contribution is 2.28. The Labute approximate surface area is 110 Å². The molecule has 0 aromatic heterocycles. The molecule has 0 saturated carbocycles. The third kappa shape index (κ3) is 2.61. The van der Waals surface area contributed by atoms with Crippen molar-refractivity contribution in [3.05, 3.63) is 59.7 Å². The van der Waals surface area contributed by atoms with Gasteiger partial charge in [0, 0.05) is 18.7 Å². The fourth-order valence-electron chi connectivity index (χ4n) is 2.67. The van der Waals surface area contributed by atoms with Crippen molar-refractivity contribution in [2.24, 2.45) is 10.9 Å². The average molecular weight is 239 g/mol. The van der Waals surface area contributed by atoms with E-state index in [9.17, 15) is 0 Å². The molecule has 0 bridgehead atoms. The fourth-order valence-corrected chi connectivity index (χ4v) is 2.67. The molecule has 0 N–H and O–H groups in total. The highest BCUT2D eigenvalue weighted by molar-refractivity contribution is 6.03. The summed E-state index contributed by atoms with van der Waals surface area (Å²) in [5.41, 5.74) is 5.26. The summed E-state index contributed by atoms with van der Waals surface area (Å²) in [4.78, 5) is 4.56. The van der Waals surface area contributed by atoms with Crippen molar-refractivity contribution in [1.29, 1.82) is 0 Å². The van der Waals surface area contributed by atoms with Crippen LogP contribution in [-0.4, -0.2) is 12.8 Å². The molecule has 0 amide bonds. The highest BCUT2D eigenvalue weighted by atomic mass is 14.7. The van der Waals surface area contributed by atoms with Gasteiger partial charge in [0.15, 0.2) is 0 Å². The van der Waals surface area contributed by atoms with Crippen molar-refractivity contribution in [1.82, 2.24) is 0 Å². The van der Waals surface area contributed by atoms with Crippen LogP contribution in [0.3, 0.4) is 0 Å². The van der Waals surface area contributed by atoms with Crippen molar-refractivity contribution in [3.63, 3.8) is 0 Å².